The minimum absolute atomic E-state index is 0.0448. The second kappa shape index (κ2) is 4.61. The maximum absolute atomic E-state index is 13.2. The molecule has 1 saturated heterocycles. The van der Waals surface area contributed by atoms with Gasteiger partial charge in [-0.25, -0.2) is 8.78 Å². The van der Waals surface area contributed by atoms with Crippen molar-refractivity contribution in [3.63, 3.8) is 0 Å². The molecule has 0 saturated carbocycles. The van der Waals surface area contributed by atoms with Gasteiger partial charge in [0.15, 0.2) is 11.6 Å². The van der Waals surface area contributed by atoms with Crippen molar-refractivity contribution in [1.82, 2.24) is 5.32 Å². The van der Waals surface area contributed by atoms with Crippen LogP contribution in [0.25, 0.3) is 0 Å². The Balaban J connectivity index is 2.19. The van der Waals surface area contributed by atoms with Gasteiger partial charge in [0, 0.05) is 36.9 Å². The lowest BCUT2D eigenvalue weighted by molar-refractivity contribution is 0.314. The van der Waals surface area contributed by atoms with Gasteiger partial charge in [-0.1, -0.05) is 6.92 Å². The second-order valence-corrected chi connectivity index (χ2v) is 4.86. The third kappa shape index (κ3) is 2.57. The first kappa shape index (κ1) is 12.3. The van der Waals surface area contributed by atoms with Crippen LogP contribution in [-0.2, 0) is 0 Å². The molecule has 0 aromatic heterocycles. The summed E-state index contributed by atoms with van der Waals surface area (Å²) in [4.78, 5) is 2.10. The van der Waals surface area contributed by atoms with Crippen LogP contribution in [0.4, 0.5) is 14.5 Å². The van der Waals surface area contributed by atoms with Crippen molar-refractivity contribution in [2.45, 2.75) is 25.8 Å². The summed E-state index contributed by atoms with van der Waals surface area (Å²) in [6.07, 6.45) is 1.01. The van der Waals surface area contributed by atoms with Crippen LogP contribution in [0.15, 0.2) is 18.2 Å². The Bertz CT molecular complexity index is 408. The number of hydrogen-bond donors (Lipinski definition) is 1. The highest BCUT2D eigenvalue weighted by atomic mass is 19.2. The number of halogens is 2. The highest BCUT2D eigenvalue weighted by Crippen LogP contribution is 2.23. The molecule has 94 valence electrons. The smallest absolute Gasteiger partial charge is 0.160 e. The topological polar surface area (TPSA) is 15.3 Å². The number of rotatable bonds is 2. The summed E-state index contributed by atoms with van der Waals surface area (Å²) >= 11 is 0. The van der Waals surface area contributed by atoms with Crippen molar-refractivity contribution in [3.8, 4) is 0 Å². The van der Waals surface area contributed by atoms with Gasteiger partial charge in [0.2, 0.25) is 0 Å². The Kier molecular flexibility index (Phi) is 3.33. The van der Waals surface area contributed by atoms with E-state index in [1.54, 1.807) is 6.07 Å². The van der Waals surface area contributed by atoms with E-state index in [0.717, 1.165) is 31.7 Å². The SMILES string of the molecule is CCC1(C)CN(c2ccc(F)c(F)c2)CCN1. The van der Waals surface area contributed by atoms with Crippen molar-refractivity contribution in [3.05, 3.63) is 29.8 Å². The van der Waals surface area contributed by atoms with Crippen molar-refractivity contribution in [2.24, 2.45) is 0 Å². The second-order valence-electron chi connectivity index (χ2n) is 4.86. The fourth-order valence-corrected chi connectivity index (χ4v) is 2.19. The van der Waals surface area contributed by atoms with Gasteiger partial charge in [0.25, 0.3) is 0 Å². The maximum Gasteiger partial charge on any atom is 0.160 e. The van der Waals surface area contributed by atoms with Crippen molar-refractivity contribution < 1.29 is 8.78 Å². The first-order chi connectivity index (χ1) is 8.04. The molecule has 2 nitrogen and oxygen atoms in total. The summed E-state index contributed by atoms with van der Waals surface area (Å²) in [7, 11) is 0. The van der Waals surface area contributed by atoms with Gasteiger partial charge in [0.1, 0.15) is 0 Å². The monoisotopic (exact) mass is 240 g/mol. The summed E-state index contributed by atoms with van der Waals surface area (Å²) in [5, 5.41) is 3.46. The normalized spacial score (nSPS) is 25.1. The highest BCUT2D eigenvalue weighted by Gasteiger charge is 2.28. The molecule has 1 N–H and O–H groups in total. The van der Waals surface area contributed by atoms with Crippen LogP contribution in [-0.4, -0.2) is 25.2 Å². The van der Waals surface area contributed by atoms with Crippen molar-refractivity contribution in [1.29, 1.82) is 0 Å². The van der Waals surface area contributed by atoms with E-state index < -0.39 is 11.6 Å². The van der Waals surface area contributed by atoms with Crippen LogP contribution in [0.3, 0.4) is 0 Å². The predicted molar refractivity (Wildman–Crippen MR) is 65.3 cm³/mol. The van der Waals surface area contributed by atoms with Gasteiger partial charge in [-0.3, -0.25) is 0 Å². The molecule has 1 atom stereocenters. The molecular weight excluding hydrogens is 222 g/mol. The molecule has 4 heteroatoms. The zero-order valence-corrected chi connectivity index (χ0v) is 10.3. The standard InChI is InChI=1S/C13H18F2N2/c1-3-13(2)9-17(7-6-16-13)10-4-5-11(14)12(15)8-10/h4-5,8,16H,3,6-7,9H2,1-2H3. The van der Waals surface area contributed by atoms with E-state index in [2.05, 4.69) is 24.1 Å². The minimum atomic E-state index is -0.790. The van der Waals surface area contributed by atoms with Crippen LogP contribution >= 0.6 is 0 Å². The van der Waals surface area contributed by atoms with E-state index in [1.165, 1.54) is 12.1 Å². The first-order valence-electron chi connectivity index (χ1n) is 5.99. The number of nitrogens with zero attached hydrogens (tertiary/aromatic N) is 1. The van der Waals surface area contributed by atoms with E-state index in [0.29, 0.717) is 0 Å². The summed E-state index contributed by atoms with van der Waals surface area (Å²) in [5.41, 5.74) is 0.799. The quantitative estimate of drug-likeness (QED) is 0.854. The fraction of sp³-hybridized carbons (Fsp3) is 0.538. The highest BCUT2D eigenvalue weighted by molar-refractivity contribution is 5.47. The maximum atomic E-state index is 13.2. The molecule has 1 aliphatic rings. The zero-order valence-electron chi connectivity index (χ0n) is 10.3. The molecule has 0 radical (unpaired) electrons. The van der Waals surface area contributed by atoms with E-state index in [1.807, 2.05) is 0 Å². The molecule has 0 aliphatic carbocycles. The molecule has 0 bridgehead atoms. The first-order valence-corrected chi connectivity index (χ1v) is 5.99. The van der Waals surface area contributed by atoms with E-state index in [-0.39, 0.29) is 5.54 Å². The fourth-order valence-electron chi connectivity index (χ4n) is 2.19. The van der Waals surface area contributed by atoms with E-state index in [4.69, 9.17) is 0 Å². The van der Waals surface area contributed by atoms with E-state index in [9.17, 15) is 8.78 Å². The Morgan fingerprint density at radius 3 is 2.76 bits per heavy atom. The number of hydrogen-bond acceptors (Lipinski definition) is 2. The molecule has 2 rings (SSSR count). The molecule has 1 fully saturated rings. The predicted octanol–water partition coefficient (Wildman–Crippen LogP) is 2.54. The van der Waals surface area contributed by atoms with Crippen LogP contribution in [0, 0.1) is 11.6 Å². The average molecular weight is 240 g/mol. The molecule has 0 spiro atoms. The Morgan fingerprint density at radius 1 is 1.35 bits per heavy atom. The van der Waals surface area contributed by atoms with Crippen LogP contribution in [0.5, 0.6) is 0 Å². The Morgan fingerprint density at radius 2 is 2.12 bits per heavy atom. The molecule has 0 amide bonds. The van der Waals surface area contributed by atoms with Gasteiger partial charge >= 0.3 is 0 Å². The molecular formula is C13H18F2N2. The van der Waals surface area contributed by atoms with Crippen LogP contribution in [0.1, 0.15) is 20.3 Å². The molecule has 1 aliphatic heterocycles. The Labute approximate surface area is 101 Å². The molecule has 1 unspecified atom stereocenters. The lowest BCUT2D eigenvalue weighted by Crippen LogP contribution is -2.58. The largest absolute Gasteiger partial charge is 0.368 e. The van der Waals surface area contributed by atoms with Crippen molar-refractivity contribution >= 4 is 5.69 Å². The molecule has 1 aromatic carbocycles. The molecule has 1 aromatic rings. The van der Waals surface area contributed by atoms with Gasteiger partial charge in [-0.15, -0.1) is 0 Å². The summed E-state index contributed by atoms with van der Waals surface area (Å²) in [6, 6.07) is 4.10. The lowest BCUT2D eigenvalue weighted by atomic mass is 9.95. The summed E-state index contributed by atoms with van der Waals surface area (Å²) in [5.74, 6) is -1.57. The van der Waals surface area contributed by atoms with Crippen LogP contribution in [0.2, 0.25) is 0 Å². The Hall–Kier alpha value is -1.16. The van der Waals surface area contributed by atoms with Gasteiger partial charge in [-0.2, -0.15) is 0 Å². The third-order valence-corrected chi connectivity index (χ3v) is 3.52. The summed E-state index contributed by atoms with van der Waals surface area (Å²) < 4.78 is 26.1. The number of piperazine rings is 1. The minimum Gasteiger partial charge on any atom is -0.368 e. The summed E-state index contributed by atoms with van der Waals surface area (Å²) in [6.45, 7) is 6.78. The van der Waals surface area contributed by atoms with Gasteiger partial charge in [0.05, 0.1) is 0 Å². The zero-order chi connectivity index (χ0) is 12.5. The molecule has 1 heterocycles. The van der Waals surface area contributed by atoms with Gasteiger partial charge < -0.3 is 10.2 Å². The average Bonchev–Trinajstić information content (AvgIpc) is 2.33. The number of anilines is 1. The van der Waals surface area contributed by atoms with Gasteiger partial charge in [-0.05, 0) is 25.5 Å². The van der Waals surface area contributed by atoms with Crippen molar-refractivity contribution in [2.75, 3.05) is 24.5 Å². The molecule has 17 heavy (non-hydrogen) atoms. The number of benzene rings is 1. The number of nitrogens with one attached hydrogen (secondary N) is 1. The lowest BCUT2D eigenvalue weighted by Gasteiger charge is -2.42. The third-order valence-electron chi connectivity index (χ3n) is 3.52. The van der Waals surface area contributed by atoms with E-state index >= 15 is 0 Å². The van der Waals surface area contributed by atoms with Crippen LogP contribution < -0.4 is 10.2 Å².